The third-order valence-corrected chi connectivity index (χ3v) is 4.67. The predicted molar refractivity (Wildman–Crippen MR) is 106 cm³/mol. The normalized spacial score (nSPS) is 16.8. The number of carbonyl (C=O) groups excluding carboxylic acids is 1. The van der Waals surface area contributed by atoms with E-state index < -0.39 is 0 Å². The maximum absolute atomic E-state index is 12.4. The zero-order valence-corrected chi connectivity index (χ0v) is 14.7. The summed E-state index contributed by atoms with van der Waals surface area (Å²) >= 11 is 6.05. The first-order valence-corrected chi connectivity index (χ1v) is 8.78. The van der Waals surface area contributed by atoms with Crippen LogP contribution in [-0.4, -0.2) is 6.03 Å². The molecule has 4 heteroatoms. The fourth-order valence-electron chi connectivity index (χ4n) is 3.23. The Labute approximate surface area is 157 Å². The predicted octanol–water partition coefficient (Wildman–Crippen LogP) is 5.26. The van der Waals surface area contributed by atoms with E-state index in [1.807, 2.05) is 72.8 Å². The van der Waals surface area contributed by atoms with Crippen LogP contribution in [0.5, 0.6) is 0 Å². The van der Waals surface area contributed by atoms with E-state index in [2.05, 4.69) is 22.8 Å². The molecule has 2 N–H and O–H groups in total. The van der Waals surface area contributed by atoms with Crippen LogP contribution in [-0.2, 0) is 0 Å². The lowest BCUT2D eigenvalue weighted by molar-refractivity contribution is 0.242. The molecule has 0 spiro atoms. The fourth-order valence-corrected chi connectivity index (χ4v) is 3.36. The molecule has 0 bridgehead atoms. The molecular formula is C22H17ClN2O. The maximum atomic E-state index is 12.4. The van der Waals surface area contributed by atoms with Gasteiger partial charge in [0.05, 0.1) is 11.7 Å². The molecule has 3 nitrogen and oxygen atoms in total. The monoisotopic (exact) mass is 360 g/mol. The van der Waals surface area contributed by atoms with Crippen molar-refractivity contribution in [3.63, 3.8) is 0 Å². The van der Waals surface area contributed by atoms with Crippen LogP contribution >= 0.6 is 11.6 Å². The SMILES string of the molecule is O=C1NC(c2ccccc2)=C(c2ccccc2)C(c2ccc(Cl)cc2)N1. The zero-order chi connectivity index (χ0) is 17.9. The second-order valence-corrected chi connectivity index (χ2v) is 6.54. The molecule has 26 heavy (non-hydrogen) atoms. The molecule has 1 aliphatic rings. The van der Waals surface area contributed by atoms with E-state index in [0.29, 0.717) is 5.02 Å². The van der Waals surface area contributed by atoms with Gasteiger partial charge in [0.25, 0.3) is 0 Å². The highest BCUT2D eigenvalue weighted by Crippen LogP contribution is 2.38. The van der Waals surface area contributed by atoms with Gasteiger partial charge in [0.1, 0.15) is 0 Å². The van der Waals surface area contributed by atoms with Gasteiger partial charge in [-0.15, -0.1) is 0 Å². The van der Waals surface area contributed by atoms with E-state index in [0.717, 1.165) is 28.0 Å². The molecule has 0 radical (unpaired) electrons. The number of urea groups is 1. The average molecular weight is 361 g/mol. The number of nitrogens with one attached hydrogen (secondary N) is 2. The van der Waals surface area contributed by atoms with Gasteiger partial charge in [-0.05, 0) is 28.8 Å². The molecule has 0 aromatic heterocycles. The zero-order valence-electron chi connectivity index (χ0n) is 13.9. The summed E-state index contributed by atoms with van der Waals surface area (Å²) in [6.45, 7) is 0. The third kappa shape index (κ3) is 3.22. The van der Waals surface area contributed by atoms with Crippen molar-refractivity contribution >= 4 is 28.9 Å². The van der Waals surface area contributed by atoms with Crippen molar-refractivity contribution in [1.82, 2.24) is 10.6 Å². The number of rotatable bonds is 3. The minimum absolute atomic E-state index is 0.219. The third-order valence-electron chi connectivity index (χ3n) is 4.42. The molecule has 1 aliphatic heterocycles. The first kappa shape index (κ1) is 16.4. The van der Waals surface area contributed by atoms with E-state index in [1.165, 1.54) is 0 Å². The standard InChI is InChI=1S/C22H17ClN2O/c23-18-13-11-17(12-14-18)21-19(15-7-3-1-4-8-15)20(24-22(26)25-21)16-9-5-2-6-10-16/h1-14,21H,(H2,24,25,26). The first-order chi connectivity index (χ1) is 12.7. The van der Waals surface area contributed by atoms with Crippen molar-refractivity contribution in [1.29, 1.82) is 0 Å². The summed E-state index contributed by atoms with van der Waals surface area (Å²) in [5.74, 6) is 0. The highest BCUT2D eigenvalue weighted by molar-refractivity contribution is 6.30. The van der Waals surface area contributed by atoms with Crippen LogP contribution in [0.3, 0.4) is 0 Å². The lowest BCUT2D eigenvalue weighted by atomic mass is 9.88. The van der Waals surface area contributed by atoms with Crippen LogP contribution in [0.2, 0.25) is 5.02 Å². The van der Waals surface area contributed by atoms with Crippen molar-refractivity contribution in [3.05, 3.63) is 107 Å². The first-order valence-electron chi connectivity index (χ1n) is 8.40. The number of carbonyl (C=O) groups is 1. The second kappa shape index (κ2) is 7.06. The van der Waals surface area contributed by atoms with Crippen molar-refractivity contribution in [2.45, 2.75) is 6.04 Å². The van der Waals surface area contributed by atoms with Gasteiger partial charge >= 0.3 is 6.03 Å². The second-order valence-electron chi connectivity index (χ2n) is 6.10. The Bertz CT molecular complexity index is 950. The molecule has 0 saturated carbocycles. The van der Waals surface area contributed by atoms with Crippen LogP contribution in [0.4, 0.5) is 4.79 Å². The van der Waals surface area contributed by atoms with Gasteiger partial charge in [-0.25, -0.2) is 4.79 Å². The van der Waals surface area contributed by atoms with Gasteiger partial charge in [0, 0.05) is 10.6 Å². The van der Waals surface area contributed by atoms with Gasteiger partial charge in [-0.1, -0.05) is 84.4 Å². The summed E-state index contributed by atoms with van der Waals surface area (Å²) in [4.78, 5) is 12.4. The Morgan fingerprint density at radius 3 is 1.92 bits per heavy atom. The lowest BCUT2D eigenvalue weighted by Crippen LogP contribution is -2.42. The van der Waals surface area contributed by atoms with Crippen LogP contribution in [0.15, 0.2) is 84.9 Å². The van der Waals surface area contributed by atoms with Gasteiger partial charge in [0.2, 0.25) is 0 Å². The molecule has 2 amide bonds. The van der Waals surface area contributed by atoms with E-state index in [1.54, 1.807) is 0 Å². The summed E-state index contributed by atoms with van der Waals surface area (Å²) < 4.78 is 0. The number of hydrogen-bond donors (Lipinski definition) is 2. The molecule has 3 aromatic rings. The molecule has 1 unspecified atom stereocenters. The summed E-state index contributed by atoms with van der Waals surface area (Å²) in [5, 5.41) is 6.71. The highest BCUT2D eigenvalue weighted by atomic mass is 35.5. The van der Waals surface area contributed by atoms with Gasteiger partial charge in [-0.3, -0.25) is 0 Å². The average Bonchev–Trinajstić information content (AvgIpc) is 2.69. The Morgan fingerprint density at radius 1 is 0.731 bits per heavy atom. The van der Waals surface area contributed by atoms with Crippen molar-refractivity contribution < 1.29 is 4.79 Å². The minimum Gasteiger partial charge on any atom is -0.327 e. The van der Waals surface area contributed by atoms with E-state index in [4.69, 9.17) is 11.6 Å². The Kier molecular flexibility index (Phi) is 4.46. The fraction of sp³-hybridized carbons (Fsp3) is 0.0455. The van der Waals surface area contributed by atoms with Crippen molar-refractivity contribution in [2.24, 2.45) is 0 Å². The summed E-state index contributed by atoms with van der Waals surface area (Å²) in [6, 6.07) is 27.1. The van der Waals surface area contributed by atoms with Crippen molar-refractivity contribution in [3.8, 4) is 0 Å². The topological polar surface area (TPSA) is 41.1 Å². The Hall–Kier alpha value is -3.04. The van der Waals surface area contributed by atoms with Gasteiger partial charge in [-0.2, -0.15) is 0 Å². The molecule has 0 saturated heterocycles. The molecule has 0 aliphatic carbocycles. The quantitative estimate of drug-likeness (QED) is 0.657. The summed E-state index contributed by atoms with van der Waals surface area (Å²) in [7, 11) is 0. The molecule has 3 aromatic carbocycles. The van der Waals surface area contributed by atoms with E-state index in [9.17, 15) is 4.79 Å². The Balaban J connectivity index is 1.94. The molecule has 128 valence electrons. The van der Waals surface area contributed by atoms with Gasteiger partial charge < -0.3 is 10.6 Å². The molecular weight excluding hydrogens is 344 g/mol. The highest BCUT2D eigenvalue weighted by Gasteiger charge is 2.29. The van der Waals surface area contributed by atoms with Crippen LogP contribution in [0.25, 0.3) is 11.3 Å². The molecule has 1 atom stereocenters. The number of halogens is 1. The molecule has 1 heterocycles. The maximum Gasteiger partial charge on any atom is 0.320 e. The smallest absolute Gasteiger partial charge is 0.320 e. The number of benzene rings is 3. The van der Waals surface area contributed by atoms with Crippen molar-refractivity contribution in [2.75, 3.05) is 0 Å². The molecule has 4 rings (SSSR count). The molecule has 0 fully saturated rings. The summed E-state index contributed by atoms with van der Waals surface area (Å²) in [5.41, 5.74) is 4.86. The van der Waals surface area contributed by atoms with Crippen LogP contribution in [0.1, 0.15) is 22.7 Å². The van der Waals surface area contributed by atoms with Crippen LogP contribution in [0, 0.1) is 0 Å². The van der Waals surface area contributed by atoms with Crippen LogP contribution < -0.4 is 10.6 Å². The number of amides is 2. The van der Waals surface area contributed by atoms with Gasteiger partial charge in [0.15, 0.2) is 0 Å². The van der Waals surface area contributed by atoms with E-state index in [-0.39, 0.29) is 12.1 Å². The lowest BCUT2D eigenvalue weighted by Gasteiger charge is -2.31. The largest absolute Gasteiger partial charge is 0.327 e. The minimum atomic E-state index is -0.265. The number of hydrogen-bond acceptors (Lipinski definition) is 1. The Morgan fingerprint density at radius 2 is 1.31 bits per heavy atom. The summed E-state index contributed by atoms with van der Waals surface area (Å²) in [6.07, 6.45) is 0. The van der Waals surface area contributed by atoms with E-state index >= 15 is 0 Å².